The van der Waals surface area contributed by atoms with Crippen molar-refractivity contribution in [1.82, 2.24) is 0 Å². The predicted octanol–water partition coefficient (Wildman–Crippen LogP) is 1.87. The van der Waals surface area contributed by atoms with Gasteiger partial charge in [0.25, 0.3) is 0 Å². The molecule has 3 aliphatic carbocycles. The number of hydrogen-bond donors (Lipinski definition) is 1. The summed E-state index contributed by atoms with van der Waals surface area (Å²) in [6.45, 7) is 4.11. The third-order valence-corrected chi connectivity index (χ3v) is 7.24. The zero-order valence-corrected chi connectivity index (χ0v) is 15.4. The molecule has 2 saturated carbocycles. The number of nitrogens with two attached hydrogens (primary N) is 1. The molecule has 5 heteroatoms. The van der Waals surface area contributed by atoms with E-state index in [1.54, 1.807) is 0 Å². The van der Waals surface area contributed by atoms with Crippen LogP contribution in [0.2, 0.25) is 0 Å². The highest BCUT2D eigenvalue weighted by Gasteiger charge is 2.71. The minimum atomic E-state index is -0.594. The summed E-state index contributed by atoms with van der Waals surface area (Å²) in [5, 5.41) is 11.3. The Bertz CT molecular complexity index is 1150. The molecule has 6 rings (SSSR count). The molecule has 0 saturated heterocycles. The third kappa shape index (κ3) is 1.52. The Kier molecular flexibility index (Phi) is 2.49. The van der Waals surface area contributed by atoms with Gasteiger partial charge < -0.3 is 15.2 Å². The number of benzene rings is 1. The fourth-order valence-electron chi connectivity index (χ4n) is 6.20. The number of rotatable bonds is 2. The van der Waals surface area contributed by atoms with Crippen molar-refractivity contribution >= 4 is 22.8 Å². The quantitative estimate of drug-likeness (QED) is 0.494. The van der Waals surface area contributed by atoms with Gasteiger partial charge in [-0.2, -0.15) is 5.26 Å². The first-order chi connectivity index (χ1) is 12.9. The smallest absolute Gasteiger partial charge is 0.341 e. The van der Waals surface area contributed by atoms with E-state index in [0.29, 0.717) is 23.3 Å². The van der Waals surface area contributed by atoms with Crippen molar-refractivity contribution in [3.8, 4) is 11.8 Å². The van der Waals surface area contributed by atoms with Gasteiger partial charge in [0.05, 0.1) is 22.4 Å². The van der Waals surface area contributed by atoms with Crippen LogP contribution in [-0.2, 0) is 9.53 Å². The second kappa shape index (κ2) is 4.39. The topological polar surface area (TPSA) is 85.3 Å². The molecule has 0 aromatic heterocycles. The average molecular weight is 360 g/mol. The van der Waals surface area contributed by atoms with Crippen LogP contribution in [0.25, 0.3) is 11.1 Å². The molecule has 136 valence electrons. The monoisotopic (exact) mass is 360 g/mol. The third-order valence-electron chi connectivity index (χ3n) is 7.24. The Hall–Kier alpha value is -2.74. The molecule has 0 bridgehead atoms. The Labute approximate surface area is 156 Å². The van der Waals surface area contributed by atoms with Crippen molar-refractivity contribution in [2.75, 3.05) is 5.73 Å². The molecule has 5 nitrogen and oxygen atoms in total. The van der Waals surface area contributed by atoms with Crippen LogP contribution in [0.4, 0.5) is 5.69 Å². The second-order valence-corrected chi connectivity index (χ2v) is 8.69. The van der Waals surface area contributed by atoms with Crippen molar-refractivity contribution in [1.29, 1.82) is 5.26 Å². The lowest BCUT2D eigenvalue weighted by atomic mass is 9.56. The van der Waals surface area contributed by atoms with E-state index in [9.17, 15) is 10.1 Å². The number of carbonyl (C=O) groups excluding carboxylic acids is 1. The van der Waals surface area contributed by atoms with E-state index in [4.69, 9.17) is 15.2 Å². The summed E-state index contributed by atoms with van der Waals surface area (Å²) < 4.78 is 12.2. The predicted molar refractivity (Wildman–Crippen MR) is 98.4 cm³/mol. The van der Waals surface area contributed by atoms with Crippen LogP contribution in [0.1, 0.15) is 45.1 Å². The van der Waals surface area contributed by atoms with E-state index < -0.39 is 5.60 Å². The van der Waals surface area contributed by atoms with Crippen molar-refractivity contribution in [3.63, 3.8) is 0 Å². The van der Waals surface area contributed by atoms with Crippen molar-refractivity contribution < 1.29 is 14.3 Å². The second-order valence-electron chi connectivity index (χ2n) is 8.69. The van der Waals surface area contributed by atoms with Gasteiger partial charge in [0.2, 0.25) is 0 Å². The number of esters is 1. The van der Waals surface area contributed by atoms with Crippen molar-refractivity contribution in [2.45, 2.75) is 45.1 Å². The van der Waals surface area contributed by atoms with Crippen LogP contribution in [0.5, 0.6) is 5.75 Å². The van der Waals surface area contributed by atoms with Gasteiger partial charge in [0, 0.05) is 10.8 Å². The molecule has 2 aliphatic heterocycles. The highest BCUT2D eigenvalue weighted by atomic mass is 16.5. The van der Waals surface area contributed by atoms with Gasteiger partial charge in [0.1, 0.15) is 17.2 Å². The minimum Gasteiger partial charge on any atom is -0.487 e. The lowest BCUT2D eigenvalue weighted by Gasteiger charge is -2.49. The van der Waals surface area contributed by atoms with Gasteiger partial charge >= 0.3 is 5.97 Å². The SMILES string of the molecule is CC1=CC2=c3cc(N)c(C#N)c4c3=C(C(=O)O4)C(C3CC3)(C3CC3)[C@]2(C)O1. The summed E-state index contributed by atoms with van der Waals surface area (Å²) in [5.74, 6) is 1.72. The van der Waals surface area contributed by atoms with E-state index in [1.807, 2.05) is 13.0 Å². The molecule has 0 unspecified atom stereocenters. The molecule has 1 aromatic rings. The van der Waals surface area contributed by atoms with Crippen molar-refractivity contribution in [3.05, 3.63) is 33.9 Å². The maximum absolute atomic E-state index is 13.2. The number of hydrogen-bond acceptors (Lipinski definition) is 5. The lowest BCUT2D eigenvalue weighted by molar-refractivity contribution is -0.130. The van der Waals surface area contributed by atoms with Gasteiger partial charge in [-0.15, -0.1) is 0 Å². The van der Waals surface area contributed by atoms with E-state index in [1.165, 1.54) is 0 Å². The Morgan fingerprint density at radius 2 is 1.93 bits per heavy atom. The summed E-state index contributed by atoms with van der Waals surface area (Å²) in [5.41, 5.74) is 7.62. The van der Waals surface area contributed by atoms with E-state index in [-0.39, 0.29) is 16.9 Å². The van der Waals surface area contributed by atoms with Crippen LogP contribution < -0.4 is 20.9 Å². The van der Waals surface area contributed by atoms with E-state index >= 15 is 0 Å². The first-order valence-corrected chi connectivity index (χ1v) is 9.65. The summed E-state index contributed by atoms with van der Waals surface area (Å²) in [6.07, 6.45) is 6.49. The molecule has 5 aliphatic rings. The summed E-state index contributed by atoms with van der Waals surface area (Å²) >= 11 is 0. The van der Waals surface area contributed by atoms with Gasteiger partial charge in [-0.3, -0.25) is 0 Å². The van der Waals surface area contributed by atoms with Crippen LogP contribution >= 0.6 is 0 Å². The minimum absolute atomic E-state index is 0.265. The molecule has 0 spiro atoms. The molecule has 0 radical (unpaired) electrons. The van der Waals surface area contributed by atoms with Crippen LogP contribution in [0.15, 0.2) is 17.9 Å². The number of ether oxygens (including phenoxy) is 2. The fourth-order valence-corrected chi connectivity index (χ4v) is 6.20. The first kappa shape index (κ1) is 15.3. The van der Waals surface area contributed by atoms with Gasteiger partial charge in [0.15, 0.2) is 5.75 Å². The Morgan fingerprint density at radius 3 is 2.52 bits per heavy atom. The van der Waals surface area contributed by atoms with Gasteiger partial charge in [-0.05, 0) is 68.7 Å². The molecule has 2 fully saturated rings. The summed E-state index contributed by atoms with van der Waals surface area (Å²) in [6, 6.07) is 3.96. The normalized spacial score (nSPS) is 29.5. The van der Waals surface area contributed by atoms with Gasteiger partial charge in [-0.25, -0.2) is 4.79 Å². The first-order valence-electron chi connectivity index (χ1n) is 9.65. The zero-order valence-electron chi connectivity index (χ0n) is 15.4. The highest BCUT2D eigenvalue weighted by molar-refractivity contribution is 6.18. The summed E-state index contributed by atoms with van der Waals surface area (Å²) in [4.78, 5) is 13.2. The van der Waals surface area contributed by atoms with Crippen LogP contribution in [0, 0.1) is 28.6 Å². The molecule has 2 heterocycles. The van der Waals surface area contributed by atoms with Crippen molar-refractivity contribution in [2.24, 2.45) is 17.3 Å². The number of nitrogen functional groups attached to an aromatic ring is 1. The molecular weight excluding hydrogens is 340 g/mol. The number of nitrogens with zero attached hydrogens (tertiary/aromatic N) is 1. The van der Waals surface area contributed by atoms with Crippen LogP contribution in [0.3, 0.4) is 0 Å². The maximum atomic E-state index is 13.2. The van der Waals surface area contributed by atoms with Crippen LogP contribution in [-0.4, -0.2) is 11.6 Å². The largest absolute Gasteiger partial charge is 0.487 e. The van der Waals surface area contributed by atoms with Gasteiger partial charge in [-0.1, -0.05) is 0 Å². The van der Waals surface area contributed by atoms with E-state index in [2.05, 4.69) is 19.1 Å². The fraction of sp³-hybridized carbons (Fsp3) is 0.455. The molecule has 1 aromatic carbocycles. The number of fused-ring (bicyclic) bond motifs is 1. The molecular formula is C22H20N2O3. The molecule has 2 N–H and O–H groups in total. The Balaban J connectivity index is 1.88. The number of nitriles is 1. The Morgan fingerprint density at radius 1 is 1.26 bits per heavy atom. The van der Waals surface area contributed by atoms with E-state index in [0.717, 1.165) is 53.0 Å². The maximum Gasteiger partial charge on any atom is 0.341 e. The number of carbonyl (C=O) groups is 1. The highest BCUT2D eigenvalue weighted by Crippen LogP contribution is 2.71. The molecule has 27 heavy (non-hydrogen) atoms. The molecule has 1 atom stereocenters. The number of allylic oxidation sites excluding steroid dienone is 1. The number of anilines is 1. The lowest BCUT2D eigenvalue weighted by Crippen LogP contribution is -2.58. The average Bonchev–Trinajstić information content (AvgIpc) is 3.51. The standard InChI is InChI=1S/C22H20N2O3/c1-10-7-15-13-8-16(24)14(9-23)19-17(13)18(20(25)26-19)22(11-3-4-11,12-5-6-12)21(15,2)27-10/h7-8,11-12H,3-6,24H2,1-2H3/t21-/m1/s1. The summed E-state index contributed by atoms with van der Waals surface area (Å²) in [7, 11) is 0. The molecule has 0 amide bonds. The zero-order chi connectivity index (χ0) is 18.7.